The minimum Gasteiger partial charge on any atom is -0.465 e. The average molecular weight is 397 g/mol. The van der Waals surface area contributed by atoms with Crippen LogP contribution in [-0.2, 0) is 4.74 Å². The fourth-order valence-corrected chi connectivity index (χ4v) is 3.27. The van der Waals surface area contributed by atoms with Gasteiger partial charge in [-0.3, -0.25) is 20.2 Å². The molecule has 0 unspecified atom stereocenters. The van der Waals surface area contributed by atoms with Crippen molar-refractivity contribution in [2.75, 3.05) is 12.4 Å². The van der Waals surface area contributed by atoms with Crippen LogP contribution in [0, 0.1) is 17.0 Å². The molecular weight excluding hydrogens is 382 g/mol. The molecule has 0 radical (unpaired) electrons. The number of aromatic nitrogens is 1. The van der Waals surface area contributed by atoms with Gasteiger partial charge in [-0.1, -0.05) is 24.3 Å². The molecule has 0 fully saturated rings. The predicted octanol–water partition coefficient (Wildman–Crippen LogP) is 4.07. The zero-order valence-corrected chi connectivity index (χ0v) is 15.8. The largest absolute Gasteiger partial charge is 0.465 e. The number of nitro groups is 1. The van der Waals surface area contributed by atoms with Crippen LogP contribution in [0.4, 0.5) is 10.8 Å². The van der Waals surface area contributed by atoms with Gasteiger partial charge >= 0.3 is 5.97 Å². The van der Waals surface area contributed by atoms with E-state index < -0.39 is 16.8 Å². The Bertz CT molecular complexity index is 1080. The quantitative estimate of drug-likeness (QED) is 0.395. The first kappa shape index (κ1) is 19.2. The van der Waals surface area contributed by atoms with Crippen molar-refractivity contribution >= 4 is 34.0 Å². The Kier molecular flexibility index (Phi) is 5.46. The number of carbonyl (C=O) groups is 2. The number of hydrogen-bond acceptors (Lipinski definition) is 7. The highest BCUT2D eigenvalue weighted by atomic mass is 32.1. The van der Waals surface area contributed by atoms with Crippen LogP contribution < -0.4 is 5.32 Å². The number of benzene rings is 2. The summed E-state index contributed by atoms with van der Waals surface area (Å²) in [5, 5.41) is 15.9. The molecule has 2 aromatic carbocycles. The standard InChI is InChI=1S/C19H15N3O5S/c1-11-5-3-4-6-15(11)16-10-28-19(20-16)21-17(23)12-7-13(18(24)27-2)9-14(8-12)22(25)26/h3-10H,1-2H3,(H,20,21,23). The lowest BCUT2D eigenvalue weighted by molar-refractivity contribution is -0.384. The summed E-state index contributed by atoms with van der Waals surface area (Å²) in [6.07, 6.45) is 0. The number of methoxy groups -OCH3 is 1. The zero-order chi connectivity index (χ0) is 20.3. The Labute approximate surface area is 164 Å². The maximum Gasteiger partial charge on any atom is 0.338 e. The second-order valence-corrected chi connectivity index (χ2v) is 6.68. The first-order valence-corrected chi connectivity index (χ1v) is 8.97. The van der Waals surface area contributed by atoms with Gasteiger partial charge in [0.05, 0.1) is 23.3 Å². The number of hydrogen-bond donors (Lipinski definition) is 1. The molecule has 0 aliphatic heterocycles. The Morgan fingerprint density at radius 2 is 1.89 bits per heavy atom. The molecule has 0 spiro atoms. The van der Waals surface area contributed by atoms with Crippen LogP contribution in [0.25, 0.3) is 11.3 Å². The summed E-state index contributed by atoms with van der Waals surface area (Å²) in [6.45, 7) is 1.96. The van der Waals surface area contributed by atoms with E-state index in [0.717, 1.165) is 30.4 Å². The fourth-order valence-electron chi connectivity index (χ4n) is 2.57. The zero-order valence-electron chi connectivity index (χ0n) is 15.0. The van der Waals surface area contributed by atoms with E-state index in [0.29, 0.717) is 10.8 Å². The lowest BCUT2D eigenvalue weighted by Crippen LogP contribution is -2.14. The number of thiazole rings is 1. The molecule has 9 heteroatoms. The van der Waals surface area contributed by atoms with Gasteiger partial charge < -0.3 is 4.74 Å². The molecule has 0 aliphatic carbocycles. The first-order valence-electron chi connectivity index (χ1n) is 8.09. The number of rotatable bonds is 5. The van der Waals surface area contributed by atoms with Crippen molar-refractivity contribution in [1.29, 1.82) is 0 Å². The monoisotopic (exact) mass is 397 g/mol. The molecule has 0 saturated heterocycles. The summed E-state index contributed by atoms with van der Waals surface area (Å²) in [7, 11) is 1.16. The predicted molar refractivity (Wildman–Crippen MR) is 105 cm³/mol. The van der Waals surface area contributed by atoms with Crippen LogP contribution in [-0.4, -0.2) is 28.9 Å². The highest BCUT2D eigenvalue weighted by molar-refractivity contribution is 7.14. The van der Waals surface area contributed by atoms with Crippen LogP contribution in [0.3, 0.4) is 0 Å². The van der Waals surface area contributed by atoms with E-state index in [2.05, 4.69) is 15.0 Å². The SMILES string of the molecule is COC(=O)c1cc(C(=O)Nc2nc(-c3ccccc3C)cs2)cc([N+](=O)[O-])c1. The lowest BCUT2D eigenvalue weighted by Gasteiger charge is -2.05. The Hall–Kier alpha value is -3.59. The number of nitro benzene ring substituents is 1. The van der Waals surface area contributed by atoms with Crippen molar-refractivity contribution in [1.82, 2.24) is 4.98 Å². The molecule has 3 rings (SSSR count). The first-order chi connectivity index (χ1) is 13.4. The third-order valence-electron chi connectivity index (χ3n) is 3.96. The minimum atomic E-state index is -0.770. The molecule has 1 heterocycles. The number of amides is 1. The molecule has 8 nitrogen and oxygen atoms in total. The van der Waals surface area contributed by atoms with E-state index in [1.165, 1.54) is 17.4 Å². The average Bonchev–Trinajstić information content (AvgIpc) is 3.15. The Morgan fingerprint density at radius 1 is 1.18 bits per heavy atom. The highest BCUT2D eigenvalue weighted by Gasteiger charge is 2.19. The molecule has 0 bridgehead atoms. The summed E-state index contributed by atoms with van der Waals surface area (Å²) < 4.78 is 4.58. The molecule has 1 aromatic heterocycles. The normalized spacial score (nSPS) is 10.4. The lowest BCUT2D eigenvalue weighted by atomic mass is 10.1. The second-order valence-electron chi connectivity index (χ2n) is 5.82. The molecule has 0 aliphatic rings. The maximum absolute atomic E-state index is 12.5. The van der Waals surface area contributed by atoms with Crippen LogP contribution in [0.5, 0.6) is 0 Å². The van der Waals surface area contributed by atoms with Gasteiger partial charge in [-0.2, -0.15) is 0 Å². The van der Waals surface area contributed by atoms with E-state index in [9.17, 15) is 19.7 Å². The van der Waals surface area contributed by atoms with Gasteiger partial charge in [0.25, 0.3) is 11.6 Å². The summed E-state index contributed by atoms with van der Waals surface area (Å²) in [4.78, 5) is 39.1. The third-order valence-corrected chi connectivity index (χ3v) is 4.72. The van der Waals surface area contributed by atoms with Crippen LogP contribution in [0.15, 0.2) is 47.8 Å². The van der Waals surface area contributed by atoms with E-state index in [4.69, 9.17) is 0 Å². The van der Waals surface area contributed by atoms with E-state index in [1.807, 2.05) is 36.6 Å². The minimum absolute atomic E-state index is 0.0396. The summed E-state index contributed by atoms with van der Waals surface area (Å²) >= 11 is 1.23. The topological polar surface area (TPSA) is 111 Å². The third kappa shape index (κ3) is 4.04. The number of aryl methyl sites for hydroxylation is 1. The van der Waals surface area contributed by atoms with Gasteiger partial charge in [-0.15, -0.1) is 11.3 Å². The highest BCUT2D eigenvalue weighted by Crippen LogP contribution is 2.28. The maximum atomic E-state index is 12.5. The van der Waals surface area contributed by atoms with Crippen LogP contribution in [0.1, 0.15) is 26.3 Å². The van der Waals surface area contributed by atoms with Gasteiger partial charge in [0, 0.05) is 28.6 Å². The fraction of sp³-hybridized carbons (Fsp3) is 0.105. The van der Waals surface area contributed by atoms with Crippen molar-refractivity contribution in [3.8, 4) is 11.3 Å². The van der Waals surface area contributed by atoms with Crippen molar-refractivity contribution in [3.63, 3.8) is 0 Å². The summed E-state index contributed by atoms with van der Waals surface area (Å²) in [5.74, 6) is -1.38. The van der Waals surface area contributed by atoms with Crippen molar-refractivity contribution in [2.45, 2.75) is 6.92 Å². The summed E-state index contributed by atoms with van der Waals surface area (Å²) in [5.41, 5.74) is 2.21. The van der Waals surface area contributed by atoms with E-state index in [-0.39, 0.29) is 16.8 Å². The number of non-ortho nitro benzene ring substituents is 1. The molecule has 0 atom stereocenters. The number of nitrogens with one attached hydrogen (secondary N) is 1. The molecule has 1 N–H and O–H groups in total. The number of ether oxygens (including phenoxy) is 1. The molecular formula is C19H15N3O5S. The Balaban J connectivity index is 1.87. The second kappa shape index (κ2) is 7.97. The summed E-state index contributed by atoms with van der Waals surface area (Å²) in [6, 6.07) is 11.1. The number of nitrogens with zero attached hydrogens (tertiary/aromatic N) is 2. The molecule has 28 heavy (non-hydrogen) atoms. The smallest absolute Gasteiger partial charge is 0.338 e. The van der Waals surface area contributed by atoms with Gasteiger partial charge in [0.2, 0.25) is 0 Å². The molecule has 1 amide bonds. The van der Waals surface area contributed by atoms with Gasteiger partial charge in [-0.05, 0) is 18.6 Å². The van der Waals surface area contributed by atoms with Gasteiger partial charge in [0.15, 0.2) is 5.13 Å². The van der Waals surface area contributed by atoms with Crippen molar-refractivity contribution in [3.05, 3.63) is 74.6 Å². The van der Waals surface area contributed by atoms with E-state index >= 15 is 0 Å². The molecule has 0 saturated carbocycles. The van der Waals surface area contributed by atoms with E-state index in [1.54, 1.807) is 0 Å². The Morgan fingerprint density at radius 3 is 2.57 bits per heavy atom. The van der Waals surface area contributed by atoms with Crippen molar-refractivity contribution in [2.24, 2.45) is 0 Å². The number of anilines is 1. The van der Waals surface area contributed by atoms with Gasteiger partial charge in [-0.25, -0.2) is 9.78 Å². The van der Waals surface area contributed by atoms with Crippen molar-refractivity contribution < 1.29 is 19.2 Å². The number of carbonyl (C=O) groups excluding carboxylic acids is 2. The number of esters is 1. The molecule has 142 valence electrons. The van der Waals surface area contributed by atoms with Crippen LogP contribution in [0.2, 0.25) is 0 Å². The molecule has 3 aromatic rings. The van der Waals surface area contributed by atoms with Crippen LogP contribution >= 0.6 is 11.3 Å². The van der Waals surface area contributed by atoms with Gasteiger partial charge in [0.1, 0.15) is 0 Å².